The van der Waals surface area contributed by atoms with Crippen LogP contribution in [0, 0.1) is 6.92 Å². The Morgan fingerprint density at radius 3 is 3.20 bits per heavy atom. The Hall–Kier alpha value is -0.670. The molecule has 0 saturated heterocycles. The lowest BCUT2D eigenvalue weighted by atomic mass is 10.1. The summed E-state index contributed by atoms with van der Waals surface area (Å²) in [6.45, 7) is 2.36. The summed E-state index contributed by atoms with van der Waals surface area (Å²) < 4.78 is 5.81. The molecular weight excluding hydrogens is 208 g/mol. The molecule has 1 aliphatic rings. The van der Waals surface area contributed by atoms with E-state index in [2.05, 4.69) is 25.1 Å². The molecule has 1 N–H and O–H groups in total. The van der Waals surface area contributed by atoms with E-state index < -0.39 is 0 Å². The van der Waals surface area contributed by atoms with Crippen LogP contribution in [0.5, 0.6) is 5.75 Å². The molecule has 1 heterocycles. The van der Waals surface area contributed by atoms with Crippen molar-refractivity contribution in [1.29, 1.82) is 0 Å². The molecule has 0 amide bonds. The van der Waals surface area contributed by atoms with Crippen molar-refractivity contribution in [1.82, 2.24) is 0 Å². The quantitative estimate of drug-likeness (QED) is 0.793. The van der Waals surface area contributed by atoms with Crippen LogP contribution in [-0.4, -0.2) is 29.3 Å². The second-order valence-electron chi connectivity index (χ2n) is 3.85. The Balaban J connectivity index is 1.91. The maximum atomic E-state index is 8.69. The fourth-order valence-corrected chi connectivity index (χ4v) is 2.57. The normalized spacial score (nSPS) is 18.7. The van der Waals surface area contributed by atoms with Crippen LogP contribution in [0.15, 0.2) is 18.2 Å². The van der Waals surface area contributed by atoms with E-state index in [4.69, 9.17) is 9.84 Å². The lowest BCUT2D eigenvalue weighted by molar-refractivity contribution is 0.259. The molecule has 2 nitrogen and oxygen atoms in total. The molecule has 82 valence electrons. The van der Waals surface area contributed by atoms with Crippen molar-refractivity contribution in [2.24, 2.45) is 0 Å². The number of hydrogen-bond acceptors (Lipinski definition) is 3. The molecule has 0 aliphatic carbocycles. The summed E-state index contributed by atoms with van der Waals surface area (Å²) in [6.07, 6.45) is 1.30. The SMILES string of the molecule is Cc1ccc2c(c1)CC(CSCCO)O2. The number of fused-ring (bicyclic) bond motifs is 1. The number of rotatable bonds is 4. The van der Waals surface area contributed by atoms with Gasteiger partial charge in [-0.05, 0) is 18.6 Å². The first-order valence-electron chi connectivity index (χ1n) is 5.24. The number of aryl methyl sites for hydroxylation is 1. The maximum absolute atomic E-state index is 8.69. The van der Waals surface area contributed by atoms with Gasteiger partial charge < -0.3 is 9.84 Å². The second kappa shape index (κ2) is 4.90. The largest absolute Gasteiger partial charge is 0.489 e. The van der Waals surface area contributed by atoms with Crippen molar-refractivity contribution >= 4 is 11.8 Å². The standard InChI is InChI=1S/C12H16O2S/c1-9-2-3-12-10(6-9)7-11(14-12)8-15-5-4-13/h2-3,6,11,13H,4-5,7-8H2,1H3. The molecule has 1 atom stereocenters. The van der Waals surface area contributed by atoms with E-state index in [0.717, 1.165) is 23.7 Å². The highest BCUT2D eigenvalue weighted by Crippen LogP contribution is 2.30. The lowest BCUT2D eigenvalue weighted by Crippen LogP contribution is -2.16. The summed E-state index contributed by atoms with van der Waals surface area (Å²) in [4.78, 5) is 0. The summed E-state index contributed by atoms with van der Waals surface area (Å²) in [5.74, 6) is 2.80. The first-order valence-corrected chi connectivity index (χ1v) is 6.40. The number of ether oxygens (including phenoxy) is 1. The van der Waals surface area contributed by atoms with E-state index in [-0.39, 0.29) is 6.61 Å². The number of benzene rings is 1. The van der Waals surface area contributed by atoms with Gasteiger partial charge in [0.2, 0.25) is 0 Å². The van der Waals surface area contributed by atoms with Gasteiger partial charge in [0.15, 0.2) is 0 Å². The zero-order chi connectivity index (χ0) is 10.7. The average Bonchev–Trinajstić information content (AvgIpc) is 2.60. The minimum Gasteiger partial charge on any atom is -0.489 e. The summed E-state index contributed by atoms with van der Waals surface area (Å²) >= 11 is 1.75. The first-order chi connectivity index (χ1) is 7.29. The molecule has 2 rings (SSSR count). The minimum absolute atomic E-state index is 0.253. The fraction of sp³-hybridized carbons (Fsp3) is 0.500. The highest BCUT2D eigenvalue weighted by Gasteiger charge is 2.22. The Morgan fingerprint density at radius 1 is 1.53 bits per heavy atom. The van der Waals surface area contributed by atoms with Crippen LogP contribution >= 0.6 is 11.8 Å². The highest BCUT2D eigenvalue weighted by atomic mass is 32.2. The smallest absolute Gasteiger partial charge is 0.123 e. The second-order valence-corrected chi connectivity index (χ2v) is 5.00. The molecule has 0 spiro atoms. The van der Waals surface area contributed by atoms with Crippen molar-refractivity contribution in [2.75, 3.05) is 18.1 Å². The first kappa shape index (κ1) is 10.8. The molecular formula is C12H16O2S. The van der Waals surface area contributed by atoms with Crippen molar-refractivity contribution in [3.63, 3.8) is 0 Å². The van der Waals surface area contributed by atoms with E-state index in [1.54, 1.807) is 11.8 Å². The zero-order valence-corrected chi connectivity index (χ0v) is 9.72. The molecule has 1 aliphatic heterocycles. The van der Waals surface area contributed by atoms with Crippen LogP contribution in [0.1, 0.15) is 11.1 Å². The van der Waals surface area contributed by atoms with Gasteiger partial charge in [-0.15, -0.1) is 0 Å². The zero-order valence-electron chi connectivity index (χ0n) is 8.90. The Kier molecular flexibility index (Phi) is 3.54. The van der Waals surface area contributed by atoms with Crippen LogP contribution in [-0.2, 0) is 6.42 Å². The molecule has 0 bridgehead atoms. The number of aliphatic hydroxyl groups excluding tert-OH is 1. The van der Waals surface area contributed by atoms with Crippen LogP contribution in [0.3, 0.4) is 0 Å². The molecule has 0 aromatic heterocycles. The predicted octanol–water partition coefficient (Wildman–Crippen LogP) is 2.02. The molecule has 0 radical (unpaired) electrons. The van der Waals surface area contributed by atoms with Crippen molar-refractivity contribution in [2.45, 2.75) is 19.4 Å². The molecule has 0 saturated carbocycles. The molecule has 0 fully saturated rings. The van der Waals surface area contributed by atoms with Crippen molar-refractivity contribution in [3.05, 3.63) is 29.3 Å². The highest BCUT2D eigenvalue weighted by molar-refractivity contribution is 7.99. The molecule has 1 aromatic carbocycles. The summed E-state index contributed by atoms with van der Waals surface area (Å²) in [6, 6.07) is 6.34. The Labute approximate surface area is 94.6 Å². The van der Waals surface area contributed by atoms with Gasteiger partial charge in [0.25, 0.3) is 0 Å². The Bertz CT molecular complexity index is 338. The van der Waals surface area contributed by atoms with Gasteiger partial charge in [-0.1, -0.05) is 17.7 Å². The number of thioether (sulfide) groups is 1. The molecule has 15 heavy (non-hydrogen) atoms. The monoisotopic (exact) mass is 224 g/mol. The van der Waals surface area contributed by atoms with Crippen LogP contribution in [0.4, 0.5) is 0 Å². The maximum Gasteiger partial charge on any atom is 0.123 e. The van der Waals surface area contributed by atoms with E-state index in [1.807, 2.05) is 0 Å². The third kappa shape index (κ3) is 2.67. The molecule has 3 heteroatoms. The van der Waals surface area contributed by atoms with Gasteiger partial charge in [0.05, 0.1) is 6.61 Å². The van der Waals surface area contributed by atoms with Crippen LogP contribution in [0.25, 0.3) is 0 Å². The van der Waals surface area contributed by atoms with Gasteiger partial charge in [-0.25, -0.2) is 0 Å². The van der Waals surface area contributed by atoms with Crippen LogP contribution < -0.4 is 4.74 Å². The van der Waals surface area contributed by atoms with Crippen molar-refractivity contribution in [3.8, 4) is 5.75 Å². The summed E-state index contributed by atoms with van der Waals surface area (Å²) in [7, 11) is 0. The average molecular weight is 224 g/mol. The number of aliphatic hydroxyl groups is 1. The Morgan fingerprint density at radius 2 is 2.40 bits per heavy atom. The van der Waals surface area contributed by atoms with E-state index >= 15 is 0 Å². The minimum atomic E-state index is 0.253. The van der Waals surface area contributed by atoms with Gasteiger partial charge in [0, 0.05) is 17.9 Å². The third-order valence-corrected chi connectivity index (χ3v) is 3.58. The van der Waals surface area contributed by atoms with E-state index in [0.29, 0.717) is 6.10 Å². The van der Waals surface area contributed by atoms with Crippen molar-refractivity contribution < 1.29 is 9.84 Å². The predicted molar refractivity (Wildman–Crippen MR) is 63.7 cm³/mol. The summed E-state index contributed by atoms with van der Waals surface area (Å²) in [5.41, 5.74) is 2.62. The lowest BCUT2D eigenvalue weighted by Gasteiger charge is -2.09. The van der Waals surface area contributed by atoms with Gasteiger partial charge >= 0.3 is 0 Å². The van der Waals surface area contributed by atoms with Gasteiger partial charge in [0.1, 0.15) is 11.9 Å². The number of hydrogen-bond donors (Lipinski definition) is 1. The fourth-order valence-electron chi connectivity index (χ4n) is 1.82. The van der Waals surface area contributed by atoms with Gasteiger partial charge in [-0.2, -0.15) is 11.8 Å². The van der Waals surface area contributed by atoms with E-state index in [1.165, 1.54) is 11.1 Å². The topological polar surface area (TPSA) is 29.5 Å². The van der Waals surface area contributed by atoms with E-state index in [9.17, 15) is 0 Å². The molecule has 1 aromatic rings. The third-order valence-electron chi connectivity index (χ3n) is 2.50. The van der Waals surface area contributed by atoms with Gasteiger partial charge in [-0.3, -0.25) is 0 Å². The van der Waals surface area contributed by atoms with Crippen LogP contribution in [0.2, 0.25) is 0 Å². The molecule has 1 unspecified atom stereocenters. The summed E-state index contributed by atoms with van der Waals surface area (Å²) in [5, 5.41) is 8.69.